The maximum atomic E-state index is 13.0. The van der Waals surface area contributed by atoms with Crippen molar-refractivity contribution in [3.8, 4) is 5.75 Å². The number of sulfonamides is 1. The molecular formula is C13H10F3NO3S. The minimum absolute atomic E-state index is 0.0984. The average Bonchev–Trinajstić information content (AvgIpc) is 2.40. The molecular weight excluding hydrogens is 307 g/mol. The van der Waals surface area contributed by atoms with Gasteiger partial charge in [-0.2, -0.15) is 8.78 Å². The van der Waals surface area contributed by atoms with Gasteiger partial charge in [0.25, 0.3) is 10.0 Å². The Labute approximate surface area is 119 Å². The third-order valence-electron chi connectivity index (χ3n) is 2.44. The minimum atomic E-state index is -3.95. The zero-order valence-corrected chi connectivity index (χ0v) is 11.3. The maximum absolute atomic E-state index is 13.0. The molecule has 0 fully saturated rings. The number of hydrogen-bond acceptors (Lipinski definition) is 3. The first-order chi connectivity index (χ1) is 9.87. The second-order valence-corrected chi connectivity index (χ2v) is 5.65. The molecule has 2 aromatic carbocycles. The highest BCUT2D eigenvalue weighted by Gasteiger charge is 2.15. The number of anilines is 1. The topological polar surface area (TPSA) is 55.4 Å². The quantitative estimate of drug-likeness (QED) is 0.921. The van der Waals surface area contributed by atoms with Gasteiger partial charge in [-0.15, -0.1) is 0 Å². The molecule has 0 unspecified atom stereocenters. The molecule has 0 aliphatic rings. The van der Waals surface area contributed by atoms with Crippen molar-refractivity contribution in [3.05, 3.63) is 54.3 Å². The van der Waals surface area contributed by atoms with E-state index in [0.717, 1.165) is 12.1 Å². The van der Waals surface area contributed by atoms with Crippen molar-refractivity contribution in [2.75, 3.05) is 4.72 Å². The second kappa shape index (κ2) is 6.04. The Bertz CT molecular complexity index is 718. The van der Waals surface area contributed by atoms with E-state index < -0.39 is 22.5 Å². The Morgan fingerprint density at radius 2 is 1.71 bits per heavy atom. The summed E-state index contributed by atoms with van der Waals surface area (Å²) in [6, 6.07) is 9.39. The van der Waals surface area contributed by atoms with Gasteiger partial charge < -0.3 is 4.74 Å². The highest BCUT2D eigenvalue weighted by Crippen LogP contribution is 2.21. The largest absolute Gasteiger partial charge is 0.435 e. The Kier molecular flexibility index (Phi) is 4.37. The zero-order valence-electron chi connectivity index (χ0n) is 10.5. The minimum Gasteiger partial charge on any atom is -0.435 e. The Morgan fingerprint density at radius 1 is 1.05 bits per heavy atom. The summed E-state index contributed by atoms with van der Waals surface area (Å²) in [5.41, 5.74) is 0.140. The van der Waals surface area contributed by atoms with Crippen molar-refractivity contribution in [1.82, 2.24) is 0 Å². The van der Waals surface area contributed by atoms with E-state index in [0.29, 0.717) is 0 Å². The van der Waals surface area contributed by atoms with Crippen LogP contribution >= 0.6 is 0 Å². The van der Waals surface area contributed by atoms with E-state index in [1.54, 1.807) is 0 Å². The summed E-state index contributed by atoms with van der Waals surface area (Å²) in [7, 11) is -3.95. The van der Waals surface area contributed by atoms with E-state index in [2.05, 4.69) is 9.46 Å². The van der Waals surface area contributed by atoms with E-state index >= 15 is 0 Å². The summed E-state index contributed by atoms with van der Waals surface area (Å²) in [6.07, 6.45) is 0. The van der Waals surface area contributed by atoms with E-state index in [1.807, 2.05) is 0 Å². The number of nitrogens with one attached hydrogen (secondary N) is 1. The number of alkyl halides is 2. The van der Waals surface area contributed by atoms with Crippen LogP contribution in [-0.4, -0.2) is 15.0 Å². The Morgan fingerprint density at radius 3 is 2.29 bits per heavy atom. The lowest BCUT2D eigenvalue weighted by atomic mass is 10.3. The Hall–Kier alpha value is -2.22. The Balaban J connectivity index is 2.17. The molecule has 112 valence electrons. The van der Waals surface area contributed by atoms with Crippen LogP contribution in [0.1, 0.15) is 0 Å². The van der Waals surface area contributed by atoms with Gasteiger partial charge in [0.05, 0.1) is 4.90 Å². The van der Waals surface area contributed by atoms with Crippen molar-refractivity contribution in [1.29, 1.82) is 0 Å². The molecule has 0 radical (unpaired) electrons. The zero-order chi connectivity index (χ0) is 15.5. The number of benzene rings is 2. The van der Waals surface area contributed by atoms with E-state index in [-0.39, 0.29) is 16.3 Å². The molecule has 0 saturated carbocycles. The molecule has 0 bridgehead atoms. The van der Waals surface area contributed by atoms with Gasteiger partial charge in [0, 0.05) is 5.69 Å². The summed E-state index contributed by atoms with van der Waals surface area (Å²) in [4.78, 5) is -0.240. The van der Waals surface area contributed by atoms with Crippen LogP contribution in [0.15, 0.2) is 53.4 Å². The molecule has 0 heterocycles. The number of ether oxygens (including phenoxy) is 1. The fraction of sp³-hybridized carbons (Fsp3) is 0.0769. The molecule has 0 aliphatic heterocycles. The fourth-order valence-corrected chi connectivity index (χ4v) is 2.64. The normalized spacial score (nSPS) is 11.4. The molecule has 0 saturated heterocycles. The molecule has 0 spiro atoms. The first-order valence-electron chi connectivity index (χ1n) is 5.70. The maximum Gasteiger partial charge on any atom is 0.387 e. The van der Waals surface area contributed by atoms with Crippen LogP contribution in [0.25, 0.3) is 0 Å². The summed E-state index contributed by atoms with van der Waals surface area (Å²) in [5, 5.41) is 0. The number of hydrogen-bond donors (Lipinski definition) is 1. The van der Waals surface area contributed by atoms with Gasteiger partial charge in [-0.05, 0) is 42.5 Å². The third-order valence-corrected chi connectivity index (χ3v) is 3.82. The molecule has 4 nitrogen and oxygen atoms in total. The van der Waals surface area contributed by atoms with Crippen LogP contribution < -0.4 is 9.46 Å². The van der Waals surface area contributed by atoms with Crippen LogP contribution in [-0.2, 0) is 10.0 Å². The predicted molar refractivity (Wildman–Crippen MR) is 70.3 cm³/mol. The first-order valence-corrected chi connectivity index (χ1v) is 7.18. The van der Waals surface area contributed by atoms with Crippen molar-refractivity contribution in [3.63, 3.8) is 0 Å². The van der Waals surface area contributed by atoms with Crippen LogP contribution in [0.2, 0.25) is 0 Å². The summed E-state index contributed by atoms with van der Waals surface area (Å²) in [6.45, 7) is -2.96. The molecule has 0 atom stereocenters. The molecule has 2 rings (SSSR count). The van der Waals surface area contributed by atoms with Crippen LogP contribution in [0.3, 0.4) is 0 Å². The molecule has 21 heavy (non-hydrogen) atoms. The highest BCUT2D eigenvalue weighted by molar-refractivity contribution is 7.92. The molecule has 0 aliphatic carbocycles. The van der Waals surface area contributed by atoms with E-state index in [1.165, 1.54) is 36.4 Å². The van der Waals surface area contributed by atoms with Gasteiger partial charge in [0.15, 0.2) is 0 Å². The monoisotopic (exact) mass is 317 g/mol. The lowest BCUT2D eigenvalue weighted by molar-refractivity contribution is -0.0498. The highest BCUT2D eigenvalue weighted by atomic mass is 32.2. The van der Waals surface area contributed by atoms with Crippen molar-refractivity contribution >= 4 is 15.7 Å². The second-order valence-electron chi connectivity index (χ2n) is 3.97. The van der Waals surface area contributed by atoms with Gasteiger partial charge in [-0.3, -0.25) is 4.72 Å². The predicted octanol–water partition coefficient (Wildman–Crippen LogP) is 3.23. The van der Waals surface area contributed by atoms with Gasteiger partial charge in [0.2, 0.25) is 0 Å². The third kappa shape index (κ3) is 4.12. The SMILES string of the molecule is O=S(=O)(Nc1ccc(OC(F)F)cc1)c1cccc(F)c1. The molecule has 0 aromatic heterocycles. The summed E-state index contributed by atoms with van der Waals surface area (Å²) in [5.74, 6) is -0.780. The molecule has 0 amide bonds. The van der Waals surface area contributed by atoms with Gasteiger partial charge in [-0.25, -0.2) is 12.8 Å². The lowest BCUT2D eigenvalue weighted by Crippen LogP contribution is -2.13. The smallest absolute Gasteiger partial charge is 0.387 e. The molecule has 2 aromatic rings. The number of halogens is 3. The standard InChI is InChI=1S/C13H10F3NO3S/c14-9-2-1-3-12(8-9)21(18,19)17-10-4-6-11(7-5-10)20-13(15)16/h1-8,13,17H. The van der Waals surface area contributed by atoms with Crippen LogP contribution in [0.5, 0.6) is 5.75 Å². The van der Waals surface area contributed by atoms with Gasteiger partial charge in [0.1, 0.15) is 11.6 Å². The summed E-state index contributed by atoms with van der Waals surface area (Å²) < 4.78 is 67.3. The van der Waals surface area contributed by atoms with E-state index in [9.17, 15) is 21.6 Å². The van der Waals surface area contributed by atoms with Crippen molar-refractivity contribution in [2.24, 2.45) is 0 Å². The van der Waals surface area contributed by atoms with Crippen LogP contribution in [0.4, 0.5) is 18.9 Å². The van der Waals surface area contributed by atoms with Crippen molar-refractivity contribution in [2.45, 2.75) is 11.5 Å². The lowest BCUT2D eigenvalue weighted by Gasteiger charge is -2.09. The molecule has 1 N–H and O–H groups in total. The van der Waals surface area contributed by atoms with Gasteiger partial charge in [-0.1, -0.05) is 6.07 Å². The molecule has 8 heteroatoms. The average molecular weight is 317 g/mol. The summed E-state index contributed by atoms with van der Waals surface area (Å²) >= 11 is 0. The van der Waals surface area contributed by atoms with Gasteiger partial charge >= 0.3 is 6.61 Å². The first kappa shape index (κ1) is 15.2. The number of rotatable bonds is 5. The van der Waals surface area contributed by atoms with E-state index in [4.69, 9.17) is 0 Å². The van der Waals surface area contributed by atoms with Crippen LogP contribution in [0, 0.1) is 5.82 Å². The fourth-order valence-electron chi connectivity index (χ4n) is 1.55. The van der Waals surface area contributed by atoms with Crippen molar-refractivity contribution < 1.29 is 26.3 Å².